The van der Waals surface area contributed by atoms with Crippen molar-refractivity contribution >= 4 is 25.7 Å². The molecule has 0 aliphatic carbocycles. The lowest BCUT2D eigenvalue weighted by Crippen LogP contribution is -2.21. The van der Waals surface area contributed by atoms with Crippen molar-refractivity contribution in [3.8, 4) is 16.9 Å². The van der Waals surface area contributed by atoms with Gasteiger partial charge in [-0.2, -0.15) is 13.2 Å². The Morgan fingerprint density at radius 2 is 1.91 bits per heavy atom. The fourth-order valence-corrected chi connectivity index (χ4v) is 3.46. The van der Waals surface area contributed by atoms with Crippen molar-refractivity contribution in [3.05, 3.63) is 42.0 Å². The first kappa shape index (κ1) is 16.1. The molecule has 118 valence electrons. The van der Waals surface area contributed by atoms with Crippen LogP contribution in [0.15, 0.2) is 41.3 Å². The van der Waals surface area contributed by atoms with Crippen molar-refractivity contribution in [1.82, 2.24) is 0 Å². The first-order chi connectivity index (χ1) is 10.9. The zero-order chi connectivity index (χ0) is 16.6. The van der Waals surface area contributed by atoms with E-state index in [9.17, 15) is 13.2 Å². The predicted octanol–water partition coefficient (Wildman–Crippen LogP) is 4.27. The summed E-state index contributed by atoms with van der Waals surface area (Å²) in [6.45, 7) is 0.0414. The van der Waals surface area contributed by atoms with Crippen LogP contribution >= 0.6 is 11.9 Å². The summed E-state index contributed by atoms with van der Waals surface area (Å²) >= 11 is 1.33. The van der Waals surface area contributed by atoms with Crippen LogP contribution in [0.5, 0.6) is 5.75 Å². The summed E-state index contributed by atoms with van der Waals surface area (Å²) in [7, 11) is 6.67. The summed E-state index contributed by atoms with van der Waals surface area (Å²) in [5.74, 6) is 0.625. The van der Waals surface area contributed by atoms with Crippen molar-refractivity contribution in [1.29, 1.82) is 0 Å². The number of nitrogens with zero attached hydrogens (tertiary/aromatic N) is 1. The van der Waals surface area contributed by atoms with Gasteiger partial charge in [-0.3, -0.25) is 4.31 Å². The van der Waals surface area contributed by atoms with E-state index >= 15 is 0 Å². The lowest BCUT2D eigenvalue weighted by Gasteiger charge is -2.31. The molecule has 0 unspecified atom stereocenters. The first-order valence-corrected chi connectivity index (χ1v) is 7.38. The van der Waals surface area contributed by atoms with Crippen LogP contribution in [0.1, 0.15) is 5.56 Å². The lowest BCUT2D eigenvalue weighted by atomic mass is 10.00. The monoisotopic (exact) mass is 337 g/mol. The van der Waals surface area contributed by atoms with Gasteiger partial charge in [-0.1, -0.05) is 0 Å². The van der Waals surface area contributed by atoms with Crippen LogP contribution < -0.4 is 9.04 Å². The molecule has 1 aliphatic heterocycles. The van der Waals surface area contributed by atoms with Crippen molar-refractivity contribution in [2.75, 3.05) is 18.1 Å². The van der Waals surface area contributed by atoms with Gasteiger partial charge in [0.25, 0.3) is 8.05 Å². The minimum atomic E-state index is -4.40. The number of anilines is 1. The van der Waals surface area contributed by atoms with Gasteiger partial charge in [-0.25, -0.2) is 0 Å². The van der Waals surface area contributed by atoms with Crippen molar-refractivity contribution in [3.63, 3.8) is 0 Å². The molecule has 0 spiro atoms. The second-order valence-electron chi connectivity index (χ2n) is 4.86. The normalized spacial score (nSPS) is 13.5. The molecule has 0 fully saturated rings. The van der Waals surface area contributed by atoms with Crippen LogP contribution in [-0.2, 0) is 10.8 Å². The molecular weight excluding hydrogens is 326 g/mol. The van der Waals surface area contributed by atoms with Gasteiger partial charge in [0.05, 0.1) is 18.4 Å². The number of methoxy groups -OCH3 is 1. The summed E-state index contributed by atoms with van der Waals surface area (Å²) in [5, 5.41) is 0. The van der Waals surface area contributed by atoms with Crippen LogP contribution in [0.2, 0.25) is 0 Å². The van der Waals surface area contributed by atoms with E-state index in [-0.39, 0.29) is 6.73 Å². The maximum Gasteiger partial charge on any atom is 0.416 e. The third-order valence-corrected chi connectivity index (χ3v) is 4.53. The molecule has 2 aromatic carbocycles. The van der Waals surface area contributed by atoms with Gasteiger partial charge in [-0.05, 0) is 53.9 Å². The molecule has 2 aromatic rings. The van der Waals surface area contributed by atoms with Gasteiger partial charge in [0, 0.05) is 10.5 Å². The minimum Gasteiger partial charge on any atom is -0.497 e. The zero-order valence-corrected chi connectivity index (χ0v) is 12.9. The fourth-order valence-electron chi connectivity index (χ4n) is 2.40. The minimum absolute atomic E-state index is 0.0414. The van der Waals surface area contributed by atoms with Gasteiger partial charge in [0.1, 0.15) is 12.5 Å². The molecule has 3 rings (SSSR count). The van der Waals surface area contributed by atoms with E-state index in [4.69, 9.17) is 12.8 Å². The summed E-state index contributed by atoms with van der Waals surface area (Å²) in [6, 6.07) is 8.87. The molecule has 0 bridgehead atoms. The summed E-state index contributed by atoms with van der Waals surface area (Å²) in [5.41, 5.74) is 1.11. The Morgan fingerprint density at radius 1 is 1.13 bits per heavy atom. The number of fused-ring (bicyclic) bond motifs is 3. The fraction of sp³-hybridized carbons (Fsp3) is 0.200. The lowest BCUT2D eigenvalue weighted by molar-refractivity contribution is -0.137. The Bertz CT molecular complexity index is 739. The van der Waals surface area contributed by atoms with E-state index < -0.39 is 11.7 Å². The topological polar surface area (TPSA) is 21.7 Å². The molecule has 0 atom stereocenters. The Labute approximate surface area is 137 Å². The van der Waals surface area contributed by atoms with Gasteiger partial charge < -0.3 is 9.39 Å². The average Bonchev–Trinajstić information content (AvgIpc) is 2.53. The highest BCUT2D eigenvalue weighted by Crippen LogP contribution is 2.48. The molecule has 8 heteroatoms. The number of rotatable bonds is 3. The first-order valence-electron chi connectivity index (χ1n) is 6.61. The highest BCUT2D eigenvalue weighted by molar-refractivity contribution is 8.01. The third kappa shape index (κ3) is 3.01. The number of halogens is 3. The standard InChI is InChI=1S/C15H11BF3NO2S/c1-21-10-3-4-11-12-6-9(15(17,18)19)2-5-13(12)20(8-22-16)23-14(11)7-10/h2-7H,8H2,1H3. The van der Waals surface area contributed by atoms with Crippen LogP contribution in [-0.4, -0.2) is 21.9 Å². The molecule has 0 aromatic heterocycles. The zero-order valence-electron chi connectivity index (χ0n) is 12.1. The molecule has 1 aliphatic rings. The molecule has 1 heterocycles. The number of hydrogen-bond acceptors (Lipinski definition) is 4. The van der Waals surface area contributed by atoms with Crippen molar-refractivity contribution in [2.24, 2.45) is 0 Å². The maximum atomic E-state index is 13.0. The van der Waals surface area contributed by atoms with Crippen molar-refractivity contribution < 1.29 is 22.6 Å². The average molecular weight is 337 g/mol. The largest absolute Gasteiger partial charge is 0.497 e. The molecule has 3 nitrogen and oxygen atoms in total. The molecule has 0 amide bonds. The van der Waals surface area contributed by atoms with E-state index in [1.165, 1.54) is 25.1 Å². The van der Waals surface area contributed by atoms with Gasteiger partial charge in [-0.15, -0.1) is 0 Å². The molecule has 23 heavy (non-hydrogen) atoms. The predicted molar refractivity (Wildman–Crippen MR) is 83.5 cm³/mol. The summed E-state index contributed by atoms with van der Waals surface area (Å²) in [4.78, 5) is 0.772. The smallest absolute Gasteiger partial charge is 0.416 e. The number of ether oxygens (including phenoxy) is 1. The van der Waals surface area contributed by atoms with E-state index in [0.717, 1.165) is 17.0 Å². The maximum absolute atomic E-state index is 13.0. The van der Waals surface area contributed by atoms with Gasteiger partial charge >= 0.3 is 6.18 Å². The van der Waals surface area contributed by atoms with E-state index in [1.54, 1.807) is 22.5 Å². The van der Waals surface area contributed by atoms with Gasteiger partial charge in [0.2, 0.25) is 0 Å². The quantitative estimate of drug-likeness (QED) is 0.616. The third-order valence-electron chi connectivity index (χ3n) is 3.47. The van der Waals surface area contributed by atoms with E-state index in [0.29, 0.717) is 22.6 Å². The Balaban J connectivity index is 2.17. The number of hydrogen-bond donors (Lipinski definition) is 0. The Hall–Kier alpha value is -1.80. The SMILES string of the molecule is [B]OCN1Sc2cc(OC)ccc2-c2cc(C(F)(F)F)ccc21. The van der Waals surface area contributed by atoms with E-state index in [1.807, 2.05) is 0 Å². The highest BCUT2D eigenvalue weighted by atomic mass is 32.2. The number of benzene rings is 2. The Kier molecular flexibility index (Phi) is 4.20. The highest BCUT2D eigenvalue weighted by Gasteiger charge is 2.33. The second kappa shape index (κ2) is 6.01. The van der Waals surface area contributed by atoms with Crippen LogP contribution in [0, 0.1) is 0 Å². The van der Waals surface area contributed by atoms with E-state index in [2.05, 4.69) is 4.65 Å². The number of alkyl halides is 3. The van der Waals surface area contributed by atoms with Crippen LogP contribution in [0.25, 0.3) is 11.1 Å². The molecule has 0 saturated heterocycles. The summed E-state index contributed by atoms with van der Waals surface area (Å²) < 4.78 is 50.6. The van der Waals surface area contributed by atoms with Crippen LogP contribution in [0.3, 0.4) is 0 Å². The Morgan fingerprint density at radius 3 is 2.57 bits per heavy atom. The van der Waals surface area contributed by atoms with Crippen LogP contribution in [0.4, 0.5) is 18.9 Å². The van der Waals surface area contributed by atoms with Gasteiger partial charge in [0.15, 0.2) is 0 Å². The summed E-state index contributed by atoms with van der Waals surface area (Å²) in [6.07, 6.45) is -4.40. The molecule has 0 saturated carbocycles. The molecular formula is C15H11BF3NO2S. The second-order valence-corrected chi connectivity index (χ2v) is 5.92. The molecule has 2 radical (unpaired) electrons. The molecule has 0 N–H and O–H groups in total. The van der Waals surface area contributed by atoms with Crippen molar-refractivity contribution in [2.45, 2.75) is 11.1 Å².